The molecule has 0 spiro atoms. The van der Waals surface area contributed by atoms with Gasteiger partial charge in [0.25, 0.3) is 0 Å². The maximum atomic E-state index is 11.4. The number of halogens is 1. The minimum atomic E-state index is -0.965. The zero-order valence-corrected chi connectivity index (χ0v) is 12.0. The minimum absolute atomic E-state index is 0.508. The Morgan fingerprint density at radius 1 is 1.25 bits per heavy atom. The van der Waals surface area contributed by atoms with Crippen molar-refractivity contribution >= 4 is 27.6 Å². The standard InChI is InChI=1S/C15H11BrN2O2/c16-12-8-10(9-17)6-7-13(12)18-14(15(19)20)11-4-2-1-3-5-11/h1-8,14,18H,(H,19,20). The van der Waals surface area contributed by atoms with Crippen LogP contribution in [0.25, 0.3) is 0 Å². The molecule has 1 atom stereocenters. The second-order valence-corrected chi connectivity index (χ2v) is 4.99. The largest absolute Gasteiger partial charge is 0.479 e. The van der Waals surface area contributed by atoms with Crippen LogP contribution in [0.4, 0.5) is 5.69 Å². The van der Waals surface area contributed by atoms with E-state index < -0.39 is 12.0 Å². The summed E-state index contributed by atoms with van der Waals surface area (Å²) in [5.41, 5.74) is 1.80. The number of aliphatic carboxylic acids is 1. The molecule has 5 heteroatoms. The fraction of sp³-hybridized carbons (Fsp3) is 0.0667. The molecule has 0 saturated heterocycles. The van der Waals surface area contributed by atoms with Crippen LogP contribution in [0.1, 0.15) is 17.2 Å². The first-order valence-electron chi connectivity index (χ1n) is 5.86. The number of carboxylic acids is 1. The minimum Gasteiger partial charge on any atom is -0.479 e. The third-order valence-corrected chi connectivity index (χ3v) is 3.43. The van der Waals surface area contributed by atoms with E-state index in [0.29, 0.717) is 21.3 Å². The van der Waals surface area contributed by atoms with Crippen LogP contribution in [0, 0.1) is 11.3 Å². The Labute approximate surface area is 124 Å². The maximum absolute atomic E-state index is 11.4. The van der Waals surface area contributed by atoms with Crippen molar-refractivity contribution in [1.82, 2.24) is 0 Å². The molecule has 2 N–H and O–H groups in total. The number of hydrogen-bond donors (Lipinski definition) is 2. The Morgan fingerprint density at radius 3 is 2.50 bits per heavy atom. The van der Waals surface area contributed by atoms with Crippen LogP contribution in [-0.4, -0.2) is 11.1 Å². The lowest BCUT2D eigenvalue weighted by molar-refractivity contribution is -0.138. The van der Waals surface area contributed by atoms with Gasteiger partial charge in [-0.2, -0.15) is 5.26 Å². The predicted octanol–water partition coefficient (Wildman–Crippen LogP) is 3.56. The number of carboxylic acid groups (broad SMARTS) is 1. The number of hydrogen-bond acceptors (Lipinski definition) is 3. The molecule has 0 aliphatic rings. The molecule has 0 fully saturated rings. The second-order valence-electron chi connectivity index (χ2n) is 4.13. The highest BCUT2D eigenvalue weighted by molar-refractivity contribution is 9.10. The van der Waals surface area contributed by atoms with Crippen molar-refractivity contribution in [2.75, 3.05) is 5.32 Å². The van der Waals surface area contributed by atoms with Gasteiger partial charge in [-0.3, -0.25) is 0 Å². The van der Waals surface area contributed by atoms with E-state index in [4.69, 9.17) is 5.26 Å². The lowest BCUT2D eigenvalue weighted by Crippen LogP contribution is -2.20. The molecule has 20 heavy (non-hydrogen) atoms. The monoisotopic (exact) mass is 330 g/mol. The number of nitriles is 1. The molecule has 100 valence electrons. The van der Waals surface area contributed by atoms with Crippen LogP contribution in [0.5, 0.6) is 0 Å². The van der Waals surface area contributed by atoms with Crippen molar-refractivity contribution in [3.8, 4) is 6.07 Å². The molecule has 0 saturated carbocycles. The van der Waals surface area contributed by atoms with E-state index in [1.165, 1.54) is 0 Å². The Hall–Kier alpha value is -2.32. The summed E-state index contributed by atoms with van der Waals surface area (Å²) in [6.45, 7) is 0. The Morgan fingerprint density at radius 2 is 1.95 bits per heavy atom. The van der Waals surface area contributed by atoms with Gasteiger partial charge in [0.2, 0.25) is 0 Å². The third-order valence-electron chi connectivity index (χ3n) is 2.78. The van der Waals surface area contributed by atoms with Crippen LogP contribution < -0.4 is 5.32 Å². The summed E-state index contributed by atoms with van der Waals surface area (Å²) in [6, 6.07) is 15.1. The van der Waals surface area contributed by atoms with Gasteiger partial charge in [-0.1, -0.05) is 30.3 Å². The predicted molar refractivity (Wildman–Crippen MR) is 79.3 cm³/mol. The molecule has 0 radical (unpaired) electrons. The van der Waals surface area contributed by atoms with Gasteiger partial charge in [-0.05, 0) is 39.7 Å². The van der Waals surface area contributed by atoms with E-state index in [2.05, 4.69) is 21.2 Å². The lowest BCUT2D eigenvalue weighted by Gasteiger charge is -2.17. The molecule has 2 rings (SSSR count). The quantitative estimate of drug-likeness (QED) is 0.898. The van der Waals surface area contributed by atoms with Crippen LogP contribution in [0.15, 0.2) is 53.0 Å². The van der Waals surface area contributed by atoms with Crippen molar-refractivity contribution in [3.63, 3.8) is 0 Å². The average Bonchev–Trinajstić information content (AvgIpc) is 2.46. The topological polar surface area (TPSA) is 73.1 Å². The van der Waals surface area contributed by atoms with E-state index in [9.17, 15) is 9.90 Å². The zero-order valence-electron chi connectivity index (χ0n) is 10.4. The highest BCUT2D eigenvalue weighted by Gasteiger charge is 2.20. The molecule has 0 aliphatic carbocycles. The van der Waals surface area contributed by atoms with Crippen molar-refractivity contribution in [2.24, 2.45) is 0 Å². The molecule has 0 aliphatic heterocycles. The molecule has 2 aromatic rings. The number of carbonyl (C=O) groups is 1. The van der Waals surface area contributed by atoms with Gasteiger partial charge in [0.1, 0.15) is 0 Å². The van der Waals surface area contributed by atoms with E-state index in [1.54, 1.807) is 42.5 Å². The first kappa shape index (κ1) is 14.1. The molecule has 0 amide bonds. The molecule has 0 heterocycles. The van der Waals surface area contributed by atoms with Gasteiger partial charge in [0.05, 0.1) is 11.6 Å². The first-order valence-corrected chi connectivity index (χ1v) is 6.65. The molecule has 0 bridgehead atoms. The van der Waals surface area contributed by atoms with Crippen molar-refractivity contribution in [2.45, 2.75) is 6.04 Å². The SMILES string of the molecule is N#Cc1ccc(NC(C(=O)O)c2ccccc2)c(Br)c1. The number of nitrogens with one attached hydrogen (secondary N) is 1. The fourth-order valence-corrected chi connectivity index (χ4v) is 2.28. The average molecular weight is 331 g/mol. The summed E-state index contributed by atoms with van der Waals surface area (Å²) in [4.78, 5) is 11.4. The molecular formula is C15H11BrN2O2. The fourth-order valence-electron chi connectivity index (χ4n) is 1.79. The van der Waals surface area contributed by atoms with E-state index in [1.807, 2.05) is 12.1 Å². The normalized spacial score (nSPS) is 11.4. The molecule has 4 nitrogen and oxygen atoms in total. The Balaban J connectivity index is 2.30. The van der Waals surface area contributed by atoms with E-state index >= 15 is 0 Å². The number of rotatable bonds is 4. The van der Waals surface area contributed by atoms with Gasteiger partial charge in [-0.25, -0.2) is 4.79 Å². The van der Waals surface area contributed by atoms with Crippen molar-refractivity contribution < 1.29 is 9.90 Å². The highest BCUT2D eigenvalue weighted by Crippen LogP contribution is 2.27. The lowest BCUT2D eigenvalue weighted by atomic mass is 10.1. The van der Waals surface area contributed by atoms with Crippen molar-refractivity contribution in [1.29, 1.82) is 5.26 Å². The van der Waals surface area contributed by atoms with Gasteiger partial charge in [0.15, 0.2) is 6.04 Å². The number of benzene rings is 2. The number of anilines is 1. The maximum Gasteiger partial charge on any atom is 0.330 e. The van der Waals surface area contributed by atoms with Gasteiger partial charge in [0, 0.05) is 10.2 Å². The molecule has 0 aromatic heterocycles. The summed E-state index contributed by atoms with van der Waals surface area (Å²) in [7, 11) is 0. The zero-order chi connectivity index (χ0) is 14.5. The van der Waals surface area contributed by atoms with Crippen LogP contribution in [0.2, 0.25) is 0 Å². The molecule has 2 aromatic carbocycles. The smallest absolute Gasteiger partial charge is 0.330 e. The number of nitrogens with zero attached hydrogens (tertiary/aromatic N) is 1. The van der Waals surface area contributed by atoms with E-state index in [-0.39, 0.29) is 0 Å². The highest BCUT2D eigenvalue weighted by atomic mass is 79.9. The Bertz CT molecular complexity index is 665. The van der Waals surface area contributed by atoms with Crippen LogP contribution >= 0.6 is 15.9 Å². The molecule has 1 unspecified atom stereocenters. The van der Waals surface area contributed by atoms with E-state index in [0.717, 1.165) is 0 Å². The van der Waals surface area contributed by atoms with Crippen molar-refractivity contribution in [3.05, 3.63) is 64.1 Å². The second kappa shape index (κ2) is 6.22. The third kappa shape index (κ3) is 3.16. The van der Waals surface area contributed by atoms with Gasteiger partial charge >= 0.3 is 5.97 Å². The summed E-state index contributed by atoms with van der Waals surface area (Å²) in [5.74, 6) is -0.965. The summed E-state index contributed by atoms with van der Waals surface area (Å²) in [6.07, 6.45) is 0. The van der Waals surface area contributed by atoms with Crippen LogP contribution in [-0.2, 0) is 4.79 Å². The summed E-state index contributed by atoms with van der Waals surface area (Å²) in [5, 5.41) is 21.1. The van der Waals surface area contributed by atoms with Gasteiger partial charge in [-0.15, -0.1) is 0 Å². The Kier molecular flexibility index (Phi) is 4.38. The summed E-state index contributed by atoms with van der Waals surface area (Å²) < 4.78 is 0.652. The van der Waals surface area contributed by atoms with Crippen LogP contribution in [0.3, 0.4) is 0 Å². The molecular weight excluding hydrogens is 320 g/mol. The summed E-state index contributed by atoms with van der Waals surface area (Å²) >= 11 is 3.33. The first-order chi connectivity index (χ1) is 9.61. The van der Waals surface area contributed by atoms with Gasteiger partial charge < -0.3 is 10.4 Å².